The van der Waals surface area contributed by atoms with Crippen LogP contribution in [0, 0.1) is 12.8 Å². The average Bonchev–Trinajstić information content (AvgIpc) is 3.40. The summed E-state index contributed by atoms with van der Waals surface area (Å²) >= 11 is 3.48. The van der Waals surface area contributed by atoms with E-state index in [2.05, 4.69) is 38.3 Å². The van der Waals surface area contributed by atoms with Crippen molar-refractivity contribution in [3.63, 3.8) is 0 Å². The van der Waals surface area contributed by atoms with Gasteiger partial charge in [0.05, 0.1) is 29.2 Å². The van der Waals surface area contributed by atoms with E-state index in [9.17, 15) is 4.79 Å². The molecular weight excluding hydrogens is 404 g/mol. The van der Waals surface area contributed by atoms with E-state index in [0.717, 1.165) is 21.5 Å². The summed E-state index contributed by atoms with van der Waals surface area (Å²) in [4.78, 5) is 17.4. The van der Waals surface area contributed by atoms with Crippen molar-refractivity contribution in [2.24, 2.45) is 5.92 Å². The Morgan fingerprint density at radius 1 is 1.26 bits per heavy atom. The highest BCUT2D eigenvalue weighted by Gasteiger charge is 2.30. The van der Waals surface area contributed by atoms with Crippen molar-refractivity contribution in [2.75, 3.05) is 5.32 Å². The van der Waals surface area contributed by atoms with Crippen LogP contribution in [0.5, 0.6) is 0 Å². The molecule has 0 spiro atoms. The van der Waals surface area contributed by atoms with Gasteiger partial charge in [-0.05, 0) is 56.9 Å². The number of anilines is 1. The highest BCUT2D eigenvalue weighted by Crippen LogP contribution is 2.40. The number of hydrogen-bond acceptors (Lipinski definition) is 3. The van der Waals surface area contributed by atoms with E-state index in [1.807, 2.05) is 54.1 Å². The molecule has 1 atom stereocenters. The van der Waals surface area contributed by atoms with Gasteiger partial charge in [0, 0.05) is 16.1 Å². The Morgan fingerprint density at radius 2 is 2.07 bits per heavy atom. The molecule has 1 unspecified atom stereocenters. The van der Waals surface area contributed by atoms with Crippen molar-refractivity contribution in [3.05, 3.63) is 64.4 Å². The number of rotatable bonds is 5. The first kappa shape index (κ1) is 17.9. The first-order valence-corrected chi connectivity index (χ1v) is 9.90. The second kappa shape index (κ2) is 7.27. The van der Waals surface area contributed by atoms with Crippen LogP contribution in [0.4, 0.5) is 5.82 Å². The zero-order valence-electron chi connectivity index (χ0n) is 15.3. The molecule has 0 radical (unpaired) electrons. The number of amides is 1. The molecule has 1 saturated carbocycles. The number of halogens is 1. The monoisotopic (exact) mass is 424 g/mol. The van der Waals surface area contributed by atoms with Crippen molar-refractivity contribution in [1.82, 2.24) is 14.8 Å². The van der Waals surface area contributed by atoms with Gasteiger partial charge in [-0.1, -0.05) is 28.1 Å². The summed E-state index contributed by atoms with van der Waals surface area (Å²) in [6.07, 6.45) is 4.19. The molecule has 6 heteroatoms. The number of aromatic nitrogens is 3. The summed E-state index contributed by atoms with van der Waals surface area (Å²) < 4.78 is 2.91. The third-order valence-electron chi connectivity index (χ3n) is 5.05. The fourth-order valence-electron chi connectivity index (χ4n) is 3.31. The maximum absolute atomic E-state index is 12.8. The molecule has 1 aromatic carbocycles. The van der Waals surface area contributed by atoms with Gasteiger partial charge >= 0.3 is 0 Å². The molecule has 3 aromatic rings. The van der Waals surface area contributed by atoms with Crippen LogP contribution < -0.4 is 5.32 Å². The largest absolute Gasteiger partial charge is 0.307 e. The van der Waals surface area contributed by atoms with Gasteiger partial charge in [0.2, 0.25) is 0 Å². The minimum Gasteiger partial charge on any atom is -0.307 e. The van der Waals surface area contributed by atoms with Gasteiger partial charge < -0.3 is 5.32 Å². The van der Waals surface area contributed by atoms with Crippen LogP contribution >= 0.6 is 15.9 Å². The van der Waals surface area contributed by atoms with E-state index in [1.165, 1.54) is 12.8 Å². The summed E-state index contributed by atoms with van der Waals surface area (Å²) in [6, 6.07) is 13.8. The number of aryl methyl sites for hydroxylation is 1. The van der Waals surface area contributed by atoms with Crippen molar-refractivity contribution in [1.29, 1.82) is 0 Å². The Morgan fingerprint density at radius 3 is 2.78 bits per heavy atom. The molecule has 0 aliphatic heterocycles. The molecular formula is C21H21BrN4O. The smallest absolute Gasteiger partial charge is 0.258 e. The van der Waals surface area contributed by atoms with E-state index in [-0.39, 0.29) is 5.91 Å². The van der Waals surface area contributed by atoms with E-state index >= 15 is 0 Å². The minimum absolute atomic E-state index is 0.162. The molecule has 1 aliphatic rings. The fourth-order valence-corrected chi connectivity index (χ4v) is 3.71. The number of nitrogens with one attached hydrogen (secondary N) is 1. The maximum atomic E-state index is 12.8. The van der Waals surface area contributed by atoms with E-state index < -0.39 is 0 Å². The number of carbonyl (C=O) groups is 1. The van der Waals surface area contributed by atoms with Gasteiger partial charge in [0.1, 0.15) is 5.82 Å². The molecule has 138 valence electrons. The molecule has 4 rings (SSSR count). The Kier molecular flexibility index (Phi) is 4.83. The second-order valence-electron chi connectivity index (χ2n) is 7.03. The average molecular weight is 425 g/mol. The highest BCUT2D eigenvalue weighted by atomic mass is 79.9. The van der Waals surface area contributed by atoms with Gasteiger partial charge in [-0.3, -0.25) is 9.78 Å². The predicted octanol–water partition coefficient (Wildman–Crippen LogP) is 5.24. The van der Waals surface area contributed by atoms with E-state index in [4.69, 9.17) is 0 Å². The zero-order valence-corrected chi connectivity index (χ0v) is 16.9. The molecule has 1 N–H and O–H groups in total. The van der Waals surface area contributed by atoms with Crippen LogP contribution in [0.1, 0.15) is 41.9 Å². The number of benzene rings is 1. The van der Waals surface area contributed by atoms with Crippen molar-refractivity contribution >= 4 is 27.7 Å². The maximum Gasteiger partial charge on any atom is 0.258 e. The highest BCUT2D eigenvalue weighted by molar-refractivity contribution is 9.10. The quantitative estimate of drug-likeness (QED) is 0.608. The van der Waals surface area contributed by atoms with Crippen LogP contribution in [0.15, 0.2) is 53.1 Å². The number of carbonyl (C=O) groups excluding carboxylic acids is 1. The SMILES string of the molecule is Cc1nc(-c2cccc(Br)c2)ccc1C(=O)Nc1ccnn1C(C)C1CC1. The Hall–Kier alpha value is -2.47. The van der Waals surface area contributed by atoms with Crippen molar-refractivity contribution in [3.8, 4) is 11.3 Å². The summed E-state index contributed by atoms with van der Waals surface area (Å²) in [5.41, 5.74) is 3.13. The van der Waals surface area contributed by atoms with Gasteiger partial charge in [0.25, 0.3) is 5.91 Å². The zero-order chi connectivity index (χ0) is 19.0. The molecule has 1 fully saturated rings. The number of nitrogens with zero attached hydrogens (tertiary/aromatic N) is 3. The van der Waals surface area contributed by atoms with E-state index in [1.54, 1.807) is 6.20 Å². The van der Waals surface area contributed by atoms with Gasteiger partial charge in [-0.2, -0.15) is 5.10 Å². The van der Waals surface area contributed by atoms with E-state index in [0.29, 0.717) is 23.2 Å². The van der Waals surface area contributed by atoms with Gasteiger partial charge in [0.15, 0.2) is 0 Å². The number of hydrogen-bond donors (Lipinski definition) is 1. The Labute approximate surface area is 167 Å². The van der Waals surface area contributed by atoms with Crippen molar-refractivity contribution < 1.29 is 4.79 Å². The lowest BCUT2D eigenvalue weighted by atomic mass is 10.1. The second-order valence-corrected chi connectivity index (χ2v) is 7.95. The lowest BCUT2D eigenvalue weighted by Gasteiger charge is -2.16. The molecule has 27 heavy (non-hydrogen) atoms. The lowest BCUT2D eigenvalue weighted by molar-refractivity contribution is 0.102. The molecule has 2 aromatic heterocycles. The van der Waals surface area contributed by atoms with Crippen molar-refractivity contribution in [2.45, 2.75) is 32.7 Å². The van der Waals surface area contributed by atoms with Crippen LogP contribution in [0.25, 0.3) is 11.3 Å². The summed E-state index contributed by atoms with van der Waals surface area (Å²) in [6.45, 7) is 4.01. The fraction of sp³-hybridized carbons (Fsp3) is 0.286. The molecule has 2 heterocycles. The first-order chi connectivity index (χ1) is 13.0. The van der Waals surface area contributed by atoms with Gasteiger partial charge in [-0.25, -0.2) is 4.68 Å². The van der Waals surface area contributed by atoms with Crippen LogP contribution in [-0.2, 0) is 0 Å². The normalized spacial score (nSPS) is 14.8. The molecule has 0 saturated heterocycles. The topological polar surface area (TPSA) is 59.8 Å². The van der Waals surface area contributed by atoms with Crippen LogP contribution in [0.3, 0.4) is 0 Å². The Bertz CT molecular complexity index is 993. The molecule has 5 nitrogen and oxygen atoms in total. The first-order valence-electron chi connectivity index (χ1n) is 9.11. The predicted molar refractivity (Wildman–Crippen MR) is 110 cm³/mol. The Balaban J connectivity index is 1.55. The summed E-state index contributed by atoms with van der Waals surface area (Å²) in [5, 5.41) is 7.38. The third kappa shape index (κ3) is 3.81. The summed E-state index contributed by atoms with van der Waals surface area (Å²) in [5.74, 6) is 1.23. The van der Waals surface area contributed by atoms with Crippen LogP contribution in [-0.4, -0.2) is 20.7 Å². The van der Waals surface area contributed by atoms with Gasteiger partial charge in [-0.15, -0.1) is 0 Å². The molecule has 1 amide bonds. The lowest BCUT2D eigenvalue weighted by Crippen LogP contribution is -2.19. The standard InChI is InChI=1S/C21H21BrN4O/c1-13-18(8-9-19(24-13)16-4-3-5-17(22)12-16)21(27)25-20-10-11-23-26(20)14(2)15-6-7-15/h3-5,8-12,14-15H,6-7H2,1-2H3,(H,25,27). The molecule has 1 aliphatic carbocycles. The third-order valence-corrected chi connectivity index (χ3v) is 5.55. The minimum atomic E-state index is -0.162. The molecule has 0 bridgehead atoms. The number of pyridine rings is 1. The summed E-state index contributed by atoms with van der Waals surface area (Å²) in [7, 11) is 0. The van der Waals surface area contributed by atoms with Crippen LogP contribution in [0.2, 0.25) is 0 Å².